The normalized spacial score (nSPS) is 18.9. The smallest absolute Gasteiger partial charge is 0.306 e. The SMILES string of the molecule is CCCCCCCC/C=C/CCCCCCCCCCCCCCCCC(O)C(=O)NC(COC1OC(CO)C(O)C(O)C1OC(=O)CCCCCCCCCCCCCCC)C(O)/C=C/CCCCCCCCCCCCC. The van der Waals surface area contributed by atoms with E-state index in [1.165, 1.54) is 231 Å². The second-order valence-corrected chi connectivity index (χ2v) is 23.9. The van der Waals surface area contributed by atoms with Crippen LogP contribution in [0.3, 0.4) is 0 Å². The fourth-order valence-corrected chi connectivity index (χ4v) is 10.9. The fraction of sp³-hybridized carbons (Fsp3) is 0.912. The second-order valence-electron chi connectivity index (χ2n) is 23.9. The molecule has 0 aromatic heterocycles. The van der Waals surface area contributed by atoms with E-state index in [1.54, 1.807) is 6.08 Å². The van der Waals surface area contributed by atoms with Gasteiger partial charge in [0.05, 0.1) is 25.4 Å². The number of hydrogen-bond donors (Lipinski definition) is 6. The van der Waals surface area contributed by atoms with E-state index in [2.05, 4.69) is 38.2 Å². The summed E-state index contributed by atoms with van der Waals surface area (Å²) in [5.41, 5.74) is 0. The maximum Gasteiger partial charge on any atom is 0.306 e. The summed E-state index contributed by atoms with van der Waals surface area (Å²) in [5, 5.41) is 57.1. The highest BCUT2D eigenvalue weighted by Crippen LogP contribution is 2.26. The number of aliphatic hydroxyl groups is 5. The van der Waals surface area contributed by atoms with Crippen molar-refractivity contribution >= 4 is 11.9 Å². The van der Waals surface area contributed by atoms with E-state index in [-0.39, 0.29) is 13.0 Å². The molecule has 0 aliphatic carbocycles. The Labute approximate surface area is 486 Å². The van der Waals surface area contributed by atoms with E-state index in [0.717, 1.165) is 57.8 Å². The molecule has 0 spiro atoms. The molecule has 466 valence electrons. The maximum atomic E-state index is 13.5. The van der Waals surface area contributed by atoms with E-state index in [4.69, 9.17) is 14.2 Å². The van der Waals surface area contributed by atoms with Crippen LogP contribution >= 0.6 is 0 Å². The lowest BCUT2D eigenvalue weighted by Crippen LogP contribution is -2.61. The lowest BCUT2D eigenvalue weighted by atomic mass is 9.99. The lowest BCUT2D eigenvalue weighted by Gasteiger charge is -2.41. The first kappa shape index (κ1) is 75.2. The molecule has 11 nitrogen and oxygen atoms in total. The number of unbranched alkanes of at least 4 members (excludes halogenated alkanes) is 43. The van der Waals surface area contributed by atoms with Crippen molar-refractivity contribution in [2.75, 3.05) is 13.2 Å². The van der Waals surface area contributed by atoms with Gasteiger partial charge in [0.25, 0.3) is 0 Å². The zero-order valence-corrected chi connectivity index (χ0v) is 51.8. The van der Waals surface area contributed by atoms with Crippen LogP contribution in [-0.4, -0.2) is 99.6 Å². The average molecular weight is 1120 g/mol. The Hall–Kier alpha value is -1.86. The number of esters is 1. The van der Waals surface area contributed by atoms with Crippen LogP contribution < -0.4 is 5.32 Å². The number of ether oxygens (including phenoxy) is 3. The highest BCUT2D eigenvalue weighted by atomic mass is 16.7. The number of aliphatic hydroxyl groups excluding tert-OH is 5. The van der Waals surface area contributed by atoms with Crippen molar-refractivity contribution in [3.05, 3.63) is 24.3 Å². The third-order valence-corrected chi connectivity index (χ3v) is 16.4. The lowest BCUT2D eigenvalue weighted by molar-refractivity contribution is -0.305. The summed E-state index contributed by atoms with van der Waals surface area (Å²) < 4.78 is 17.7. The van der Waals surface area contributed by atoms with Gasteiger partial charge in [-0.2, -0.15) is 0 Å². The van der Waals surface area contributed by atoms with Gasteiger partial charge in [0.15, 0.2) is 12.4 Å². The molecule has 0 aromatic carbocycles. The van der Waals surface area contributed by atoms with E-state index in [0.29, 0.717) is 19.3 Å². The van der Waals surface area contributed by atoms with Crippen LogP contribution in [0, 0.1) is 0 Å². The summed E-state index contributed by atoms with van der Waals surface area (Å²) >= 11 is 0. The predicted molar refractivity (Wildman–Crippen MR) is 329 cm³/mol. The number of carbonyl (C=O) groups is 2. The van der Waals surface area contributed by atoms with Gasteiger partial charge in [-0.25, -0.2) is 0 Å². The van der Waals surface area contributed by atoms with Gasteiger partial charge < -0.3 is 45.1 Å². The molecule has 1 saturated heterocycles. The van der Waals surface area contributed by atoms with Gasteiger partial charge in [-0.1, -0.05) is 302 Å². The molecule has 6 N–H and O–H groups in total. The van der Waals surface area contributed by atoms with E-state index < -0.39 is 67.4 Å². The Kier molecular flexibility index (Phi) is 53.9. The van der Waals surface area contributed by atoms with Crippen LogP contribution in [-0.2, 0) is 23.8 Å². The van der Waals surface area contributed by atoms with Crippen LogP contribution in [0.5, 0.6) is 0 Å². The van der Waals surface area contributed by atoms with Gasteiger partial charge in [-0.15, -0.1) is 0 Å². The van der Waals surface area contributed by atoms with Crippen LogP contribution in [0.2, 0.25) is 0 Å². The number of amides is 1. The summed E-state index contributed by atoms with van der Waals surface area (Å²) in [5.74, 6) is -1.18. The number of allylic oxidation sites excluding steroid dienone is 3. The Morgan fingerprint density at radius 2 is 0.835 bits per heavy atom. The molecule has 8 unspecified atom stereocenters. The molecule has 8 atom stereocenters. The standard InChI is InChI=1S/C68H129NO10/c1-4-7-10-13-16-19-22-25-26-27-28-29-30-31-32-33-34-35-38-40-43-46-49-52-55-61(72)67(76)69-59(60(71)54-51-48-45-42-39-36-23-20-17-14-11-8-5-2)58-77-68-66(65(75)64(74)62(57-70)78-68)79-63(73)56-53-50-47-44-41-37-24-21-18-15-12-9-6-3/h25-26,51,54,59-62,64-66,68,70-72,74-75H,4-24,27-50,52-53,55-58H2,1-3H3,(H,69,76)/b26-25+,54-51+. The topological polar surface area (TPSA) is 175 Å². The molecule has 0 radical (unpaired) electrons. The minimum atomic E-state index is -1.61. The number of hydrogen-bond acceptors (Lipinski definition) is 10. The van der Waals surface area contributed by atoms with E-state index >= 15 is 0 Å². The van der Waals surface area contributed by atoms with Gasteiger partial charge in [-0.3, -0.25) is 9.59 Å². The van der Waals surface area contributed by atoms with Gasteiger partial charge in [0.2, 0.25) is 5.91 Å². The van der Waals surface area contributed by atoms with Crippen LogP contribution in [0.4, 0.5) is 0 Å². The van der Waals surface area contributed by atoms with Gasteiger partial charge in [-0.05, 0) is 51.4 Å². The van der Waals surface area contributed by atoms with Crippen LogP contribution in [0.1, 0.15) is 335 Å². The largest absolute Gasteiger partial charge is 0.454 e. The van der Waals surface area contributed by atoms with Crippen molar-refractivity contribution < 1.29 is 49.3 Å². The van der Waals surface area contributed by atoms with Crippen LogP contribution in [0.15, 0.2) is 24.3 Å². The zero-order chi connectivity index (χ0) is 57.5. The minimum absolute atomic E-state index is 0.130. The molecule has 79 heavy (non-hydrogen) atoms. The summed E-state index contributed by atoms with van der Waals surface area (Å²) in [6, 6.07) is -1.02. The summed E-state index contributed by atoms with van der Waals surface area (Å²) in [7, 11) is 0. The number of carbonyl (C=O) groups excluding carboxylic acids is 2. The molecule has 0 aromatic rings. The molecule has 11 heteroatoms. The van der Waals surface area contributed by atoms with E-state index in [1.807, 2.05) is 6.08 Å². The van der Waals surface area contributed by atoms with Crippen molar-refractivity contribution in [3.63, 3.8) is 0 Å². The zero-order valence-electron chi connectivity index (χ0n) is 51.8. The molecule has 0 bridgehead atoms. The van der Waals surface area contributed by atoms with Gasteiger partial charge in [0, 0.05) is 6.42 Å². The molecule has 1 heterocycles. The molecular weight excluding hydrogens is 991 g/mol. The van der Waals surface area contributed by atoms with Crippen molar-refractivity contribution in [2.24, 2.45) is 0 Å². The van der Waals surface area contributed by atoms with Crippen LogP contribution in [0.25, 0.3) is 0 Å². The van der Waals surface area contributed by atoms with Gasteiger partial charge in [0.1, 0.15) is 24.4 Å². The molecule has 1 fully saturated rings. The highest BCUT2D eigenvalue weighted by Gasteiger charge is 2.47. The molecule has 0 saturated carbocycles. The third-order valence-electron chi connectivity index (χ3n) is 16.4. The minimum Gasteiger partial charge on any atom is -0.454 e. The number of nitrogens with one attached hydrogen (secondary N) is 1. The van der Waals surface area contributed by atoms with Gasteiger partial charge >= 0.3 is 5.97 Å². The summed E-state index contributed by atoms with van der Waals surface area (Å²) in [6.07, 6.45) is 56.5. The highest BCUT2D eigenvalue weighted by molar-refractivity contribution is 5.80. The maximum absolute atomic E-state index is 13.5. The molecule has 1 amide bonds. The van der Waals surface area contributed by atoms with E-state index in [9.17, 15) is 35.1 Å². The Bertz CT molecular complexity index is 1380. The predicted octanol–water partition coefficient (Wildman–Crippen LogP) is 16.8. The molecular formula is C68H129NO10. The first-order chi connectivity index (χ1) is 38.7. The Morgan fingerprint density at radius 1 is 0.481 bits per heavy atom. The fourth-order valence-electron chi connectivity index (χ4n) is 10.9. The Balaban J connectivity index is 2.58. The quantitative estimate of drug-likeness (QED) is 0.0195. The second kappa shape index (κ2) is 56.6. The van der Waals surface area contributed by atoms with Crippen molar-refractivity contribution in [2.45, 2.75) is 384 Å². The van der Waals surface area contributed by atoms with Crippen molar-refractivity contribution in [3.8, 4) is 0 Å². The average Bonchev–Trinajstić information content (AvgIpc) is 3.48. The summed E-state index contributed by atoms with van der Waals surface area (Å²) in [6.45, 7) is 5.83. The molecule has 1 rings (SSSR count). The first-order valence-electron chi connectivity index (χ1n) is 34.1. The molecule has 1 aliphatic rings. The monoisotopic (exact) mass is 1120 g/mol. The van der Waals surface area contributed by atoms with Crippen molar-refractivity contribution in [1.29, 1.82) is 0 Å². The first-order valence-corrected chi connectivity index (χ1v) is 34.1. The molecule has 1 aliphatic heterocycles. The number of rotatable bonds is 59. The Morgan fingerprint density at radius 3 is 1.23 bits per heavy atom. The van der Waals surface area contributed by atoms with Crippen molar-refractivity contribution in [1.82, 2.24) is 5.32 Å². The summed E-state index contributed by atoms with van der Waals surface area (Å²) in [4.78, 5) is 26.6. The third kappa shape index (κ3) is 44.4.